The van der Waals surface area contributed by atoms with Crippen molar-refractivity contribution in [3.63, 3.8) is 0 Å². The second kappa shape index (κ2) is 7.02. The molecule has 2 atom stereocenters. The van der Waals surface area contributed by atoms with Crippen molar-refractivity contribution in [2.24, 2.45) is 5.92 Å². The normalized spacial score (nSPS) is 35.4. The number of hydrogen-bond acceptors (Lipinski definition) is 4. The first-order valence-corrected chi connectivity index (χ1v) is 8.31. The molecule has 19 heavy (non-hydrogen) atoms. The molecule has 2 N–H and O–H groups in total. The predicted molar refractivity (Wildman–Crippen MR) is 79.5 cm³/mol. The van der Waals surface area contributed by atoms with Crippen LogP contribution in [0.1, 0.15) is 25.7 Å². The molecular weight excluding hydrogens is 236 g/mol. The summed E-state index contributed by atoms with van der Waals surface area (Å²) in [5, 5.41) is 7.10. The summed E-state index contributed by atoms with van der Waals surface area (Å²) in [4.78, 5) is 5.46. The van der Waals surface area contributed by atoms with Crippen LogP contribution in [0.25, 0.3) is 0 Å². The molecule has 0 aromatic rings. The van der Waals surface area contributed by atoms with Crippen LogP contribution >= 0.6 is 0 Å². The zero-order valence-electron chi connectivity index (χ0n) is 12.2. The highest BCUT2D eigenvalue weighted by Crippen LogP contribution is 2.22. The van der Waals surface area contributed by atoms with Crippen LogP contribution in [-0.4, -0.2) is 74.7 Å². The first kappa shape index (κ1) is 13.8. The standard InChI is InChI=1S/C15H30N4/c1-2-8-18(9-3-1)13-14-4-5-17-12-15(14)19-10-6-16-7-11-19/h14-17H,1-13H2. The monoisotopic (exact) mass is 266 g/mol. The van der Waals surface area contributed by atoms with Gasteiger partial charge in [-0.05, 0) is 44.8 Å². The van der Waals surface area contributed by atoms with Gasteiger partial charge in [-0.15, -0.1) is 0 Å². The van der Waals surface area contributed by atoms with E-state index < -0.39 is 0 Å². The fourth-order valence-corrected chi connectivity index (χ4v) is 4.02. The molecule has 3 aliphatic rings. The molecule has 0 aromatic heterocycles. The molecule has 4 nitrogen and oxygen atoms in total. The fourth-order valence-electron chi connectivity index (χ4n) is 4.02. The summed E-state index contributed by atoms with van der Waals surface area (Å²) in [5.74, 6) is 0.887. The Morgan fingerprint density at radius 2 is 1.63 bits per heavy atom. The van der Waals surface area contributed by atoms with Crippen molar-refractivity contribution in [2.45, 2.75) is 31.7 Å². The predicted octanol–water partition coefficient (Wildman–Crippen LogP) is 0.356. The zero-order chi connectivity index (χ0) is 12.9. The third-order valence-corrected chi connectivity index (χ3v) is 5.15. The van der Waals surface area contributed by atoms with E-state index >= 15 is 0 Å². The average Bonchev–Trinajstić information content (AvgIpc) is 2.50. The first-order chi connectivity index (χ1) is 9.43. The molecule has 3 saturated heterocycles. The minimum absolute atomic E-state index is 0.776. The lowest BCUT2D eigenvalue weighted by atomic mass is 9.90. The SMILES string of the molecule is C1CCN(CC2CCNCC2N2CCNCC2)CC1. The van der Waals surface area contributed by atoms with Crippen LogP contribution < -0.4 is 10.6 Å². The Hall–Kier alpha value is -0.160. The van der Waals surface area contributed by atoms with Crippen LogP contribution in [0.5, 0.6) is 0 Å². The molecule has 0 aliphatic carbocycles. The van der Waals surface area contributed by atoms with E-state index in [1.54, 1.807) is 0 Å². The number of piperazine rings is 1. The Labute approximate surface area is 117 Å². The molecular formula is C15H30N4. The lowest BCUT2D eigenvalue weighted by Crippen LogP contribution is -2.58. The van der Waals surface area contributed by atoms with Gasteiger partial charge < -0.3 is 15.5 Å². The molecule has 0 aromatic carbocycles. The molecule has 3 fully saturated rings. The lowest BCUT2D eigenvalue weighted by molar-refractivity contribution is 0.0713. The van der Waals surface area contributed by atoms with Gasteiger partial charge in [0.2, 0.25) is 0 Å². The fraction of sp³-hybridized carbons (Fsp3) is 1.00. The molecule has 0 radical (unpaired) electrons. The molecule has 0 saturated carbocycles. The topological polar surface area (TPSA) is 30.5 Å². The van der Waals surface area contributed by atoms with Gasteiger partial charge in [-0.25, -0.2) is 0 Å². The van der Waals surface area contributed by atoms with E-state index in [2.05, 4.69) is 20.4 Å². The van der Waals surface area contributed by atoms with Crippen LogP contribution in [-0.2, 0) is 0 Å². The van der Waals surface area contributed by atoms with Gasteiger partial charge in [-0.3, -0.25) is 4.90 Å². The van der Waals surface area contributed by atoms with Gasteiger partial charge in [0.1, 0.15) is 0 Å². The highest BCUT2D eigenvalue weighted by atomic mass is 15.2. The van der Waals surface area contributed by atoms with Gasteiger partial charge in [0, 0.05) is 45.3 Å². The van der Waals surface area contributed by atoms with Crippen molar-refractivity contribution < 1.29 is 0 Å². The van der Waals surface area contributed by atoms with Gasteiger partial charge in [-0.2, -0.15) is 0 Å². The van der Waals surface area contributed by atoms with Crippen LogP contribution in [0.4, 0.5) is 0 Å². The molecule has 0 bridgehead atoms. The maximum atomic E-state index is 3.62. The third-order valence-electron chi connectivity index (χ3n) is 5.15. The largest absolute Gasteiger partial charge is 0.315 e. The lowest BCUT2D eigenvalue weighted by Gasteiger charge is -2.44. The highest BCUT2D eigenvalue weighted by molar-refractivity contribution is 4.89. The van der Waals surface area contributed by atoms with Crippen molar-refractivity contribution in [2.75, 3.05) is 58.9 Å². The summed E-state index contributed by atoms with van der Waals surface area (Å²) in [5.41, 5.74) is 0. The maximum absolute atomic E-state index is 3.62. The minimum atomic E-state index is 0.776. The van der Waals surface area contributed by atoms with Crippen LogP contribution in [0, 0.1) is 5.92 Å². The zero-order valence-corrected chi connectivity index (χ0v) is 12.2. The summed E-state index contributed by atoms with van der Waals surface area (Å²) >= 11 is 0. The smallest absolute Gasteiger partial charge is 0.0262 e. The Morgan fingerprint density at radius 3 is 2.42 bits per heavy atom. The molecule has 0 spiro atoms. The van der Waals surface area contributed by atoms with E-state index in [1.165, 1.54) is 84.6 Å². The van der Waals surface area contributed by atoms with Gasteiger partial charge in [0.25, 0.3) is 0 Å². The quantitative estimate of drug-likeness (QED) is 0.772. The Bertz CT molecular complexity index is 259. The molecule has 3 aliphatic heterocycles. The summed E-state index contributed by atoms with van der Waals surface area (Å²) < 4.78 is 0. The Kier molecular flexibility index (Phi) is 5.10. The maximum Gasteiger partial charge on any atom is 0.0262 e. The summed E-state index contributed by atoms with van der Waals surface area (Å²) in [6.45, 7) is 11.3. The van der Waals surface area contributed by atoms with E-state index in [0.717, 1.165) is 12.0 Å². The number of hydrogen-bond donors (Lipinski definition) is 2. The van der Waals surface area contributed by atoms with Crippen molar-refractivity contribution in [1.29, 1.82) is 0 Å². The van der Waals surface area contributed by atoms with E-state index in [9.17, 15) is 0 Å². The van der Waals surface area contributed by atoms with Gasteiger partial charge >= 0.3 is 0 Å². The molecule has 110 valence electrons. The number of nitrogens with one attached hydrogen (secondary N) is 2. The van der Waals surface area contributed by atoms with Gasteiger partial charge in [-0.1, -0.05) is 6.42 Å². The molecule has 4 heteroatoms. The summed E-state index contributed by atoms with van der Waals surface area (Å²) in [6.07, 6.45) is 5.65. The Morgan fingerprint density at radius 1 is 0.842 bits per heavy atom. The summed E-state index contributed by atoms with van der Waals surface area (Å²) in [7, 11) is 0. The third kappa shape index (κ3) is 3.69. The second-order valence-corrected chi connectivity index (χ2v) is 6.47. The van der Waals surface area contributed by atoms with E-state index in [-0.39, 0.29) is 0 Å². The van der Waals surface area contributed by atoms with Gasteiger partial charge in [0.05, 0.1) is 0 Å². The van der Waals surface area contributed by atoms with Crippen molar-refractivity contribution >= 4 is 0 Å². The van der Waals surface area contributed by atoms with E-state index in [4.69, 9.17) is 0 Å². The van der Waals surface area contributed by atoms with Crippen molar-refractivity contribution in [3.05, 3.63) is 0 Å². The summed E-state index contributed by atoms with van der Waals surface area (Å²) in [6, 6.07) is 0.776. The molecule has 0 amide bonds. The number of nitrogens with zero attached hydrogens (tertiary/aromatic N) is 2. The second-order valence-electron chi connectivity index (χ2n) is 6.47. The highest BCUT2D eigenvalue weighted by Gasteiger charge is 2.31. The number of rotatable bonds is 3. The van der Waals surface area contributed by atoms with Crippen LogP contribution in [0.3, 0.4) is 0 Å². The Balaban J connectivity index is 1.56. The molecule has 2 unspecified atom stereocenters. The van der Waals surface area contributed by atoms with Crippen molar-refractivity contribution in [3.8, 4) is 0 Å². The molecule has 3 rings (SSSR count). The van der Waals surface area contributed by atoms with E-state index in [0.29, 0.717) is 0 Å². The van der Waals surface area contributed by atoms with Gasteiger partial charge in [0.15, 0.2) is 0 Å². The van der Waals surface area contributed by atoms with E-state index in [1.807, 2.05) is 0 Å². The minimum Gasteiger partial charge on any atom is -0.315 e. The first-order valence-electron chi connectivity index (χ1n) is 8.31. The number of piperidine rings is 2. The molecule has 3 heterocycles. The van der Waals surface area contributed by atoms with Crippen LogP contribution in [0.15, 0.2) is 0 Å². The average molecular weight is 266 g/mol. The van der Waals surface area contributed by atoms with Crippen LogP contribution in [0.2, 0.25) is 0 Å². The van der Waals surface area contributed by atoms with Crippen molar-refractivity contribution in [1.82, 2.24) is 20.4 Å². The number of likely N-dealkylation sites (tertiary alicyclic amines) is 1.